The average molecular weight is 332 g/mol. The number of benzene rings is 2. The van der Waals surface area contributed by atoms with Crippen molar-refractivity contribution in [2.75, 3.05) is 5.32 Å². The number of fused-ring (bicyclic) bond motifs is 1. The van der Waals surface area contributed by atoms with Gasteiger partial charge in [-0.05, 0) is 42.0 Å². The highest BCUT2D eigenvalue weighted by Gasteiger charge is 2.22. The molecule has 0 saturated carbocycles. The molecule has 22 heavy (non-hydrogen) atoms. The highest BCUT2D eigenvalue weighted by molar-refractivity contribution is 8.04. The molecule has 0 spiro atoms. The Morgan fingerprint density at radius 2 is 1.91 bits per heavy atom. The Morgan fingerprint density at radius 1 is 1.18 bits per heavy atom. The molecule has 3 rings (SSSR count). The quantitative estimate of drug-likeness (QED) is 0.812. The Kier molecular flexibility index (Phi) is 3.92. The van der Waals surface area contributed by atoms with Gasteiger partial charge in [0.1, 0.15) is 0 Å². The fraction of sp³-hybridized carbons (Fsp3) is 0. The van der Waals surface area contributed by atoms with Crippen LogP contribution in [0.25, 0.3) is 6.08 Å². The maximum Gasteiger partial charge on any atom is 0.335 e. The van der Waals surface area contributed by atoms with Crippen LogP contribution in [0.4, 0.5) is 5.69 Å². The van der Waals surface area contributed by atoms with Gasteiger partial charge in [0.15, 0.2) is 0 Å². The molecule has 2 aromatic rings. The van der Waals surface area contributed by atoms with E-state index in [0.717, 1.165) is 10.5 Å². The van der Waals surface area contributed by atoms with Gasteiger partial charge in [-0.25, -0.2) is 4.79 Å². The first-order valence-electron chi connectivity index (χ1n) is 6.37. The summed E-state index contributed by atoms with van der Waals surface area (Å²) in [6, 6.07) is 11.8. The lowest BCUT2D eigenvalue weighted by atomic mass is 10.2. The van der Waals surface area contributed by atoms with E-state index in [0.29, 0.717) is 15.6 Å². The Morgan fingerprint density at radius 3 is 2.59 bits per heavy atom. The van der Waals surface area contributed by atoms with Gasteiger partial charge >= 0.3 is 5.97 Å². The van der Waals surface area contributed by atoms with Crippen LogP contribution in [0.3, 0.4) is 0 Å². The maximum absolute atomic E-state index is 12.1. The summed E-state index contributed by atoms with van der Waals surface area (Å²) in [6.45, 7) is 0. The van der Waals surface area contributed by atoms with Gasteiger partial charge in [0.2, 0.25) is 0 Å². The number of carbonyl (C=O) groups excluding carboxylic acids is 1. The smallest absolute Gasteiger partial charge is 0.335 e. The van der Waals surface area contributed by atoms with Crippen molar-refractivity contribution in [3.05, 3.63) is 63.5 Å². The number of nitrogens with one attached hydrogen (secondary N) is 1. The number of carboxylic acid groups (broad SMARTS) is 1. The zero-order valence-corrected chi connectivity index (χ0v) is 12.7. The molecule has 1 aliphatic heterocycles. The van der Waals surface area contributed by atoms with Crippen LogP contribution >= 0.6 is 23.4 Å². The van der Waals surface area contributed by atoms with Gasteiger partial charge in [-0.2, -0.15) is 0 Å². The summed E-state index contributed by atoms with van der Waals surface area (Å²) < 4.78 is 0. The van der Waals surface area contributed by atoms with Crippen molar-refractivity contribution >= 4 is 47.0 Å². The molecule has 2 N–H and O–H groups in total. The zero-order chi connectivity index (χ0) is 15.7. The molecule has 0 bridgehead atoms. The Hall–Kier alpha value is -2.24. The van der Waals surface area contributed by atoms with E-state index in [2.05, 4.69) is 5.32 Å². The number of anilines is 1. The van der Waals surface area contributed by atoms with E-state index >= 15 is 0 Å². The van der Waals surface area contributed by atoms with Crippen LogP contribution in [0.5, 0.6) is 0 Å². The summed E-state index contributed by atoms with van der Waals surface area (Å²) >= 11 is 7.14. The summed E-state index contributed by atoms with van der Waals surface area (Å²) in [5.41, 5.74) is 1.53. The minimum absolute atomic E-state index is 0.143. The molecule has 0 unspecified atom stereocenters. The van der Waals surface area contributed by atoms with Crippen molar-refractivity contribution in [3.63, 3.8) is 0 Å². The number of hydrogen-bond acceptors (Lipinski definition) is 3. The standard InChI is InChI=1S/C16H10ClNO3S/c17-11-4-1-9(2-5-11)7-14-15(19)18-12-8-10(16(20)21)3-6-13(12)22-14/h1-8H,(H,18,19)(H,20,21). The molecule has 0 radical (unpaired) electrons. The number of halogens is 1. The Balaban J connectivity index is 1.93. The van der Waals surface area contributed by atoms with Crippen molar-refractivity contribution in [2.24, 2.45) is 0 Å². The molecule has 2 aromatic carbocycles. The molecule has 4 nitrogen and oxygen atoms in total. The summed E-state index contributed by atoms with van der Waals surface area (Å²) in [4.78, 5) is 24.4. The van der Waals surface area contributed by atoms with E-state index in [1.165, 1.54) is 23.9 Å². The molecule has 6 heteroatoms. The Labute approximate surface area is 135 Å². The lowest BCUT2D eigenvalue weighted by Gasteiger charge is -2.19. The van der Waals surface area contributed by atoms with Gasteiger partial charge in [0, 0.05) is 9.92 Å². The summed E-state index contributed by atoms with van der Waals surface area (Å²) in [5.74, 6) is -1.28. The third-order valence-electron chi connectivity index (χ3n) is 3.09. The van der Waals surface area contributed by atoms with Crippen LogP contribution in [0.1, 0.15) is 15.9 Å². The predicted molar refractivity (Wildman–Crippen MR) is 87.3 cm³/mol. The molecule has 1 aliphatic rings. The van der Waals surface area contributed by atoms with Crippen LogP contribution in [0, 0.1) is 0 Å². The highest BCUT2D eigenvalue weighted by atomic mass is 35.5. The summed E-state index contributed by atoms with van der Waals surface area (Å²) in [5, 5.41) is 12.3. The Bertz CT molecular complexity index is 800. The van der Waals surface area contributed by atoms with E-state index in [1.54, 1.807) is 24.3 Å². The monoisotopic (exact) mass is 331 g/mol. The van der Waals surface area contributed by atoms with Crippen LogP contribution in [-0.4, -0.2) is 17.0 Å². The second-order valence-corrected chi connectivity index (χ2v) is 6.15. The minimum Gasteiger partial charge on any atom is -0.478 e. The minimum atomic E-state index is -1.02. The maximum atomic E-state index is 12.1. The third-order valence-corrected chi connectivity index (χ3v) is 4.44. The topological polar surface area (TPSA) is 66.4 Å². The van der Waals surface area contributed by atoms with E-state index in [9.17, 15) is 9.59 Å². The van der Waals surface area contributed by atoms with E-state index in [4.69, 9.17) is 16.7 Å². The average Bonchev–Trinajstić information content (AvgIpc) is 2.49. The van der Waals surface area contributed by atoms with Gasteiger partial charge in [0.25, 0.3) is 5.91 Å². The number of thioether (sulfide) groups is 1. The van der Waals surface area contributed by atoms with Gasteiger partial charge in [0.05, 0.1) is 16.2 Å². The number of carboxylic acids is 1. The number of amides is 1. The molecular formula is C16H10ClNO3S. The van der Waals surface area contributed by atoms with Crippen LogP contribution in [0.2, 0.25) is 5.02 Å². The lowest BCUT2D eigenvalue weighted by molar-refractivity contribution is -0.112. The summed E-state index contributed by atoms with van der Waals surface area (Å²) in [7, 11) is 0. The molecule has 0 atom stereocenters. The largest absolute Gasteiger partial charge is 0.478 e. The van der Waals surface area contributed by atoms with Gasteiger partial charge in [-0.3, -0.25) is 4.79 Å². The zero-order valence-electron chi connectivity index (χ0n) is 11.2. The second-order valence-electron chi connectivity index (χ2n) is 4.63. The van der Waals surface area contributed by atoms with Gasteiger partial charge in [-0.15, -0.1) is 0 Å². The van der Waals surface area contributed by atoms with Crippen molar-refractivity contribution in [1.82, 2.24) is 0 Å². The molecule has 0 aromatic heterocycles. The summed E-state index contributed by atoms with van der Waals surface area (Å²) in [6.07, 6.45) is 1.77. The fourth-order valence-corrected chi connectivity index (χ4v) is 3.06. The van der Waals surface area contributed by atoms with Crippen LogP contribution < -0.4 is 5.32 Å². The van der Waals surface area contributed by atoms with Gasteiger partial charge < -0.3 is 10.4 Å². The number of aromatic carboxylic acids is 1. The normalized spacial score (nSPS) is 15.3. The molecule has 0 aliphatic carbocycles. The molecular weight excluding hydrogens is 322 g/mol. The molecule has 1 heterocycles. The van der Waals surface area contributed by atoms with Gasteiger partial charge in [-0.1, -0.05) is 35.5 Å². The van der Waals surface area contributed by atoms with E-state index in [1.807, 2.05) is 12.1 Å². The third kappa shape index (κ3) is 3.00. The predicted octanol–water partition coefficient (Wildman–Crippen LogP) is 4.12. The molecule has 110 valence electrons. The van der Waals surface area contributed by atoms with Crippen molar-refractivity contribution < 1.29 is 14.7 Å². The van der Waals surface area contributed by atoms with Crippen molar-refractivity contribution in [1.29, 1.82) is 0 Å². The van der Waals surface area contributed by atoms with E-state index < -0.39 is 5.97 Å². The first kappa shape index (κ1) is 14.7. The second kappa shape index (κ2) is 5.87. The van der Waals surface area contributed by atoms with E-state index in [-0.39, 0.29) is 11.5 Å². The molecule has 0 saturated heterocycles. The van der Waals surface area contributed by atoms with Crippen molar-refractivity contribution in [2.45, 2.75) is 4.90 Å². The number of rotatable bonds is 2. The van der Waals surface area contributed by atoms with Crippen LogP contribution in [-0.2, 0) is 4.79 Å². The van der Waals surface area contributed by atoms with Crippen molar-refractivity contribution in [3.8, 4) is 0 Å². The number of hydrogen-bond donors (Lipinski definition) is 2. The molecule has 1 amide bonds. The van der Waals surface area contributed by atoms with Crippen LogP contribution in [0.15, 0.2) is 52.3 Å². The first-order valence-corrected chi connectivity index (χ1v) is 7.56. The lowest BCUT2D eigenvalue weighted by Crippen LogP contribution is -2.17. The molecule has 0 fully saturated rings. The highest BCUT2D eigenvalue weighted by Crippen LogP contribution is 2.39. The SMILES string of the molecule is O=C1Nc2cc(C(=O)O)ccc2SC1=Cc1ccc(Cl)cc1. The number of carbonyl (C=O) groups is 2. The fourth-order valence-electron chi connectivity index (χ4n) is 2.00. The first-order chi connectivity index (χ1) is 10.5.